The van der Waals surface area contributed by atoms with Crippen LogP contribution in [0.15, 0.2) is 35.1 Å². The second-order valence-corrected chi connectivity index (χ2v) is 12.5. The summed E-state index contributed by atoms with van der Waals surface area (Å²) in [4.78, 5) is 29.1. The van der Waals surface area contributed by atoms with Crippen LogP contribution in [0.3, 0.4) is 0 Å². The van der Waals surface area contributed by atoms with Crippen LogP contribution < -0.4 is 20.3 Å². The Morgan fingerprint density at radius 1 is 1.16 bits per heavy atom. The molecule has 0 bridgehead atoms. The second kappa shape index (κ2) is 13.5. The van der Waals surface area contributed by atoms with Crippen molar-refractivity contribution in [1.82, 2.24) is 25.1 Å². The number of hydrogen-bond acceptors (Lipinski definition) is 10. The van der Waals surface area contributed by atoms with E-state index in [2.05, 4.69) is 50.4 Å². The summed E-state index contributed by atoms with van der Waals surface area (Å²) in [5.41, 5.74) is 5.10. The van der Waals surface area contributed by atoms with Gasteiger partial charge >= 0.3 is 0 Å². The number of β-amino-alcohol motifs (C(OH)–C–C–N with tert-alkyl or cyclic N) is 1. The molecule has 3 N–H and O–H groups in total. The highest BCUT2D eigenvalue weighted by Crippen LogP contribution is 2.30. The molecule has 1 aromatic carbocycles. The second-order valence-electron chi connectivity index (χ2n) is 12.5. The molecule has 2 aliphatic heterocycles. The van der Waals surface area contributed by atoms with Crippen molar-refractivity contribution in [3.63, 3.8) is 0 Å². The van der Waals surface area contributed by atoms with Gasteiger partial charge in [-0.15, -0.1) is 0 Å². The molecule has 1 saturated heterocycles. The highest BCUT2D eigenvalue weighted by atomic mass is 16.5. The molecule has 0 unspecified atom stereocenters. The van der Waals surface area contributed by atoms with Crippen LogP contribution in [0.5, 0.6) is 5.75 Å². The minimum atomic E-state index is -0.680. The number of aliphatic hydroxyl groups is 1. The number of aliphatic hydroxyl groups excluding tert-OH is 1. The van der Waals surface area contributed by atoms with Gasteiger partial charge < -0.3 is 34.7 Å². The Morgan fingerprint density at radius 2 is 1.98 bits per heavy atom. The number of aryl methyl sites for hydroxylation is 1. The highest BCUT2D eigenvalue weighted by molar-refractivity contribution is 5.95. The Kier molecular flexibility index (Phi) is 9.34. The van der Waals surface area contributed by atoms with Crippen molar-refractivity contribution >= 4 is 17.5 Å². The van der Waals surface area contributed by atoms with Crippen molar-refractivity contribution in [2.24, 2.45) is 0 Å². The molecule has 11 nitrogen and oxygen atoms in total. The van der Waals surface area contributed by atoms with E-state index in [1.807, 2.05) is 25.1 Å². The van der Waals surface area contributed by atoms with Crippen LogP contribution in [0.25, 0.3) is 0 Å². The van der Waals surface area contributed by atoms with E-state index in [1.165, 1.54) is 23.9 Å². The number of anilines is 2. The SMILES string of the molecule is Cc1ncoc1COc1ccc2c(c1C)CCN(C[C@@H](O)CNC(=O)c1cc(NC3CCC3)nc(N3CCN(C)CC3)c1)C2. The van der Waals surface area contributed by atoms with Gasteiger partial charge in [0.05, 0.1) is 11.8 Å². The molecule has 0 spiro atoms. The molecule has 236 valence electrons. The maximum absolute atomic E-state index is 13.3. The van der Waals surface area contributed by atoms with Crippen molar-refractivity contribution in [1.29, 1.82) is 0 Å². The number of carbonyl (C=O) groups is 1. The number of nitrogens with one attached hydrogen (secondary N) is 2. The fourth-order valence-electron chi connectivity index (χ4n) is 6.15. The molecule has 1 atom stereocenters. The predicted octanol–water partition coefficient (Wildman–Crippen LogP) is 3.13. The summed E-state index contributed by atoms with van der Waals surface area (Å²) in [5, 5.41) is 17.4. The van der Waals surface area contributed by atoms with Crippen LogP contribution in [0.4, 0.5) is 11.6 Å². The topological polar surface area (TPSA) is 119 Å². The molecule has 1 saturated carbocycles. The van der Waals surface area contributed by atoms with Crippen LogP contribution in [-0.2, 0) is 19.6 Å². The van der Waals surface area contributed by atoms with Gasteiger partial charge in [-0.25, -0.2) is 9.97 Å². The monoisotopic (exact) mass is 603 g/mol. The Bertz CT molecular complexity index is 1450. The van der Waals surface area contributed by atoms with Gasteiger partial charge in [-0.2, -0.15) is 0 Å². The lowest BCUT2D eigenvalue weighted by atomic mass is 9.93. The molecule has 2 fully saturated rings. The van der Waals surface area contributed by atoms with Crippen molar-refractivity contribution in [3.8, 4) is 5.75 Å². The van der Waals surface area contributed by atoms with E-state index in [1.54, 1.807) is 0 Å². The first kappa shape index (κ1) is 30.4. The van der Waals surface area contributed by atoms with Gasteiger partial charge in [0.15, 0.2) is 12.2 Å². The maximum Gasteiger partial charge on any atom is 0.251 e. The first-order valence-corrected chi connectivity index (χ1v) is 15.9. The van der Waals surface area contributed by atoms with Crippen LogP contribution in [0.2, 0.25) is 0 Å². The van der Waals surface area contributed by atoms with E-state index in [0.717, 1.165) is 92.9 Å². The number of rotatable bonds is 11. The van der Waals surface area contributed by atoms with Crippen LogP contribution in [0, 0.1) is 13.8 Å². The van der Waals surface area contributed by atoms with E-state index in [-0.39, 0.29) is 12.5 Å². The minimum Gasteiger partial charge on any atom is -0.485 e. The zero-order chi connectivity index (χ0) is 30.6. The van der Waals surface area contributed by atoms with E-state index < -0.39 is 6.10 Å². The summed E-state index contributed by atoms with van der Waals surface area (Å²) in [5.74, 6) is 2.98. The van der Waals surface area contributed by atoms with Gasteiger partial charge in [-0.05, 0) is 81.5 Å². The van der Waals surface area contributed by atoms with Gasteiger partial charge in [-0.3, -0.25) is 9.69 Å². The van der Waals surface area contributed by atoms with E-state index in [9.17, 15) is 9.90 Å². The minimum absolute atomic E-state index is 0.187. The first-order valence-electron chi connectivity index (χ1n) is 15.9. The van der Waals surface area contributed by atoms with E-state index >= 15 is 0 Å². The lowest BCUT2D eigenvalue weighted by Gasteiger charge is -2.34. The first-order chi connectivity index (χ1) is 21.3. The zero-order valence-corrected chi connectivity index (χ0v) is 26.1. The number of piperazine rings is 1. The van der Waals surface area contributed by atoms with Gasteiger partial charge in [0, 0.05) is 64.0 Å². The standard InChI is InChI=1S/C33H45N7O4/c1-22-28-9-10-39(18-24(28)7-8-29(22)43-20-30-23(2)35-21-44-30)19-27(41)17-34-33(42)25-15-31(36-26-5-4-6-26)37-32(16-25)40-13-11-38(3)12-14-40/h7-8,15-16,21,26-27,41H,4-6,9-14,17-20H2,1-3H3,(H,34,42)(H,36,37)/t27-/m0/s1. The average molecular weight is 604 g/mol. The Morgan fingerprint density at radius 3 is 2.70 bits per heavy atom. The maximum atomic E-state index is 13.3. The Labute approximate surface area is 259 Å². The molecule has 0 radical (unpaired) electrons. The Hall–Kier alpha value is -3.67. The van der Waals surface area contributed by atoms with Crippen molar-refractivity contribution in [3.05, 3.63) is 64.4 Å². The number of pyridine rings is 1. The van der Waals surface area contributed by atoms with Crippen LogP contribution >= 0.6 is 0 Å². The number of oxazole rings is 1. The molecule has 1 aliphatic carbocycles. The van der Waals surface area contributed by atoms with Gasteiger partial charge in [0.1, 0.15) is 24.0 Å². The third-order valence-corrected chi connectivity index (χ3v) is 9.25. The number of hydrogen-bond donors (Lipinski definition) is 3. The van der Waals surface area contributed by atoms with Crippen LogP contribution in [0.1, 0.15) is 57.8 Å². The molecule has 6 rings (SSSR count). The molecule has 3 aromatic rings. The number of benzene rings is 1. The summed E-state index contributed by atoms with van der Waals surface area (Å²) in [6.07, 6.45) is 5.13. The van der Waals surface area contributed by atoms with Crippen molar-refractivity contribution in [2.75, 3.05) is 63.1 Å². The fourth-order valence-corrected chi connectivity index (χ4v) is 6.15. The van der Waals surface area contributed by atoms with Gasteiger partial charge in [-0.1, -0.05) is 6.07 Å². The number of aromatic nitrogens is 2. The molecular weight excluding hydrogens is 558 g/mol. The summed E-state index contributed by atoms with van der Waals surface area (Å²) in [6.45, 7) is 10.3. The third-order valence-electron chi connectivity index (χ3n) is 9.25. The highest BCUT2D eigenvalue weighted by Gasteiger charge is 2.24. The predicted molar refractivity (Wildman–Crippen MR) is 169 cm³/mol. The molecule has 2 aromatic heterocycles. The summed E-state index contributed by atoms with van der Waals surface area (Å²) < 4.78 is 11.5. The molecule has 11 heteroatoms. The average Bonchev–Trinajstić information content (AvgIpc) is 3.42. The van der Waals surface area contributed by atoms with E-state index in [4.69, 9.17) is 14.1 Å². The number of fused-ring (bicyclic) bond motifs is 1. The normalized spacial score (nSPS) is 18.4. The van der Waals surface area contributed by atoms with Crippen LogP contribution in [-0.4, -0.2) is 95.8 Å². The van der Waals surface area contributed by atoms with Crippen molar-refractivity contribution in [2.45, 2.75) is 64.8 Å². The number of carbonyl (C=O) groups excluding carboxylic acids is 1. The lowest BCUT2D eigenvalue weighted by Crippen LogP contribution is -2.45. The number of likely N-dealkylation sites (N-methyl/N-ethyl adjacent to an activating group) is 1. The molecule has 1 amide bonds. The summed E-state index contributed by atoms with van der Waals surface area (Å²) >= 11 is 0. The van der Waals surface area contributed by atoms with Crippen molar-refractivity contribution < 1.29 is 19.1 Å². The molecule has 4 heterocycles. The number of amides is 1. The largest absolute Gasteiger partial charge is 0.485 e. The summed E-state index contributed by atoms with van der Waals surface area (Å²) in [7, 11) is 2.13. The van der Waals surface area contributed by atoms with E-state index in [0.29, 0.717) is 24.8 Å². The molecular formula is C33H45N7O4. The third kappa shape index (κ3) is 7.17. The number of nitrogens with zero attached hydrogens (tertiary/aromatic N) is 5. The smallest absolute Gasteiger partial charge is 0.251 e. The Balaban J connectivity index is 1.03. The molecule has 44 heavy (non-hydrogen) atoms. The van der Waals surface area contributed by atoms with Gasteiger partial charge in [0.2, 0.25) is 0 Å². The number of ether oxygens (including phenoxy) is 1. The quantitative estimate of drug-likeness (QED) is 0.302. The molecule has 3 aliphatic rings. The van der Waals surface area contributed by atoms with Gasteiger partial charge in [0.25, 0.3) is 5.91 Å². The fraction of sp³-hybridized carbons (Fsp3) is 0.545. The summed E-state index contributed by atoms with van der Waals surface area (Å²) in [6, 6.07) is 8.27. The lowest BCUT2D eigenvalue weighted by molar-refractivity contribution is 0.0841. The zero-order valence-electron chi connectivity index (χ0n) is 26.1.